The zero-order chi connectivity index (χ0) is 24.2. The SMILES string of the molecule is CCC1NC2C=CC=CC2N1C1NC2=C(NC(OC3CN(C(=O)C4CC4)C3)N2)C(N2CCOCC2)N1. The lowest BCUT2D eigenvalue weighted by molar-refractivity contribution is -0.153. The Kier molecular flexibility index (Phi) is 5.94. The zero-order valence-electron chi connectivity index (χ0n) is 20.9. The molecular formula is C25H38N8O3. The number of carbonyl (C=O) groups is 1. The molecule has 6 atom stereocenters. The van der Waals surface area contributed by atoms with Gasteiger partial charge in [0.15, 0.2) is 0 Å². The minimum Gasteiger partial charge on any atom is -0.379 e. The van der Waals surface area contributed by atoms with Gasteiger partial charge in [0.05, 0.1) is 37.2 Å². The number of nitrogens with zero attached hydrogens (tertiary/aromatic N) is 3. The third-order valence-corrected chi connectivity index (χ3v) is 8.41. The van der Waals surface area contributed by atoms with Crippen molar-refractivity contribution in [2.75, 3.05) is 39.4 Å². The number of ether oxygens (including phenoxy) is 2. The molecule has 7 rings (SSSR count). The standard InChI is InChI=1S/C25H38N8O3/c1-2-19-26-17-5-3-4-6-18(17)33(19)24-28-21-20(22(30-24)31-9-11-35-12-10-31)27-25(29-21)36-16-13-32(14-16)23(34)15-7-8-15/h3-6,15-19,22,24-30H,2,7-14H2,1H3. The molecule has 2 aliphatic carbocycles. The van der Waals surface area contributed by atoms with E-state index < -0.39 is 0 Å². The van der Waals surface area contributed by atoms with Crippen molar-refractivity contribution in [3.05, 3.63) is 35.8 Å². The van der Waals surface area contributed by atoms with Gasteiger partial charge in [-0.25, -0.2) is 4.90 Å². The summed E-state index contributed by atoms with van der Waals surface area (Å²) in [5, 5.41) is 18.6. The Morgan fingerprint density at radius 2 is 1.89 bits per heavy atom. The molecular weight excluding hydrogens is 460 g/mol. The van der Waals surface area contributed by atoms with E-state index in [1.807, 2.05) is 4.90 Å². The molecule has 0 bridgehead atoms. The molecule has 0 aromatic carbocycles. The summed E-state index contributed by atoms with van der Waals surface area (Å²) in [6, 6.07) is 0.593. The number of carbonyl (C=O) groups excluding carboxylic acids is 1. The van der Waals surface area contributed by atoms with Crippen LogP contribution in [0.25, 0.3) is 0 Å². The normalized spacial score (nSPS) is 38.8. The van der Waals surface area contributed by atoms with Gasteiger partial charge in [-0.3, -0.25) is 20.3 Å². The number of allylic oxidation sites excluding steroid dienone is 2. The summed E-state index contributed by atoms with van der Waals surface area (Å²) < 4.78 is 12.0. The van der Waals surface area contributed by atoms with Crippen LogP contribution in [0.1, 0.15) is 26.2 Å². The van der Waals surface area contributed by atoms with Crippen LogP contribution in [-0.2, 0) is 14.3 Å². The molecule has 0 aromatic rings. The third kappa shape index (κ3) is 4.11. The lowest BCUT2D eigenvalue weighted by atomic mass is 10.0. The summed E-state index contributed by atoms with van der Waals surface area (Å²) in [6.07, 6.45) is 11.9. The van der Waals surface area contributed by atoms with Crippen LogP contribution < -0.4 is 26.6 Å². The molecule has 11 heteroatoms. The summed E-state index contributed by atoms with van der Waals surface area (Å²) in [5.74, 6) is 1.56. The van der Waals surface area contributed by atoms with E-state index in [0.29, 0.717) is 25.0 Å². The van der Waals surface area contributed by atoms with E-state index in [1.165, 1.54) is 0 Å². The maximum Gasteiger partial charge on any atom is 0.225 e. The average molecular weight is 499 g/mol. The van der Waals surface area contributed by atoms with E-state index in [-0.39, 0.29) is 43.0 Å². The van der Waals surface area contributed by atoms with E-state index in [9.17, 15) is 4.79 Å². The number of fused-ring (bicyclic) bond motifs is 1. The molecule has 11 nitrogen and oxygen atoms in total. The second kappa shape index (κ2) is 9.30. The van der Waals surface area contributed by atoms with Crippen LogP contribution in [0.15, 0.2) is 35.8 Å². The van der Waals surface area contributed by atoms with Gasteiger partial charge in [0.25, 0.3) is 0 Å². The highest BCUT2D eigenvalue weighted by atomic mass is 16.5. The van der Waals surface area contributed by atoms with Crippen LogP contribution in [0.2, 0.25) is 0 Å². The largest absolute Gasteiger partial charge is 0.379 e. The van der Waals surface area contributed by atoms with Crippen LogP contribution in [0.5, 0.6) is 0 Å². The molecule has 6 unspecified atom stereocenters. The highest BCUT2D eigenvalue weighted by Crippen LogP contribution is 2.33. The van der Waals surface area contributed by atoms with Crippen LogP contribution in [0.4, 0.5) is 0 Å². The van der Waals surface area contributed by atoms with E-state index in [4.69, 9.17) is 9.47 Å². The quantitative estimate of drug-likeness (QED) is 0.310. The third-order valence-electron chi connectivity index (χ3n) is 8.41. The first-order valence-electron chi connectivity index (χ1n) is 13.6. The molecule has 5 aliphatic heterocycles. The molecule has 1 saturated carbocycles. The minimum atomic E-state index is -0.321. The molecule has 1 amide bonds. The van der Waals surface area contributed by atoms with Crippen molar-refractivity contribution in [2.24, 2.45) is 5.92 Å². The van der Waals surface area contributed by atoms with Crippen LogP contribution in [0, 0.1) is 5.92 Å². The summed E-state index contributed by atoms with van der Waals surface area (Å²) >= 11 is 0. The van der Waals surface area contributed by atoms with Gasteiger partial charge in [-0.2, -0.15) is 0 Å². The van der Waals surface area contributed by atoms with Crippen LogP contribution in [-0.4, -0.2) is 103 Å². The highest BCUT2D eigenvalue weighted by molar-refractivity contribution is 5.81. The van der Waals surface area contributed by atoms with Crippen LogP contribution >= 0.6 is 0 Å². The summed E-state index contributed by atoms with van der Waals surface area (Å²) in [6.45, 7) is 6.82. The molecule has 0 spiro atoms. The molecule has 0 aromatic heterocycles. The lowest BCUT2D eigenvalue weighted by Crippen LogP contribution is -2.68. The van der Waals surface area contributed by atoms with Gasteiger partial charge in [0, 0.05) is 38.1 Å². The van der Waals surface area contributed by atoms with Gasteiger partial charge >= 0.3 is 0 Å². The molecule has 3 saturated heterocycles. The first-order chi connectivity index (χ1) is 17.7. The zero-order valence-corrected chi connectivity index (χ0v) is 20.9. The first kappa shape index (κ1) is 23.0. The van der Waals surface area contributed by atoms with Gasteiger partial charge in [-0.1, -0.05) is 31.2 Å². The fourth-order valence-corrected chi connectivity index (χ4v) is 6.27. The number of amides is 1. The maximum absolute atomic E-state index is 12.3. The number of hydrogen-bond acceptors (Lipinski definition) is 10. The monoisotopic (exact) mass is 498 g/mol. The summed E-state index contributed by atoms with van der Waals surface area (Å²) in [7, 11) is 0. The highest BCUT2D eigenvalue weighted by Gasteiger charge is 2.47. The average Bonchev–Trinajstić information content (AvgIpc) is 3.55. The number of rotatable bonds is 6. The fraction of sp³-hybridized carbons (Fsp3) is 0.720. The molecule has 5 heterocycles. The molecule has 196 valence electrons. The van der Waals surface area contributed by atoms with Crippen molar-refractivity contribution in [3.63, 3.8) is 0 Å². The predicted molar refractivity (Wildman–Crippen MR) is 132 cm³/mol. The van der Waals surface area contributed by atoms with Crippen molar-refractivity contribution in [1.82, 2.24) is 41.3 Å². The second-order valence-electron chi connectivity index (χ2n) is 10.8. The Morgan fingerprint density at radius 3 is 2.67 bits per heavy atom. The van der Waals surface area contributed by atoms with Gasteiger partial charge in [-0.05, 0) is 19.3 Å². The van der Waals surface area contributed by atoms with Crippen molar-refractivity contribution < 1.29 is 14.3 Å². The Hall–Kier alpha value is -2.15. The smallest absolute Gasteiger partial charge is 0.225 e. The van der Waals surface area contributed by atoms with E-state index in [2.05, 4.69) is 67.6 Å². The van der Waals surface area contributed by atoms with Crippen LogP contribution in [0.3, 0.4) is 0 Å². The molecule has 4 fully saturated rings. The van der Waals surface area contributed by atoms with E-state index in [1.54, 1.807) is 0 Å². The van der Waals surface area contributed by atoms with Crippen molar-refractivity contribution in [1.29, 1.82) is 0 Å². The second-order valence-corrected chi connectivity index (χ2v) is 10.8. The Morgan fingerprint density at radius 1 is 1.08 bits per heavy atom. The van der Waals surface area contributed by atoms with Crippen molar-refractivity contribution in [3.8, 4) is 0 Å². The van der Waals surface area contributed by atoms with Gasteiger partial charge in [-0.15, -0.1) is 0 Å². The van der Waals surface area contributed by atoms with Gasteiger partial charge in [0.1, 0.15) is 18.3 Å². The lowest BCUT2D eigenvalue weighted by Gasteiger charge is -2.45. The Bertz CT molecular complexity index is 955. The van der Waals surface area contributed by atoms with Gasteiger partial charge in [0.2, 0.25) is 12.3 Å². The number of likely N-dealkylation sites (tertiary alicyclic amines) is 1. The van der Waals surface area contributed by atoms with Crippen molar-refractivity contribution in [2.45, 2.75) is 69.3 Å². The Labute approximate surface area is 212 Å². The van der Waals surface area contributed by atoms with Crippen molar-refractivity contribution >= 4 is 5.91 Å². The van der Waals surface area contributed by atoms with Gasteiger partial charge < -0.3 is 30.3 Å². The summed E-state index contributed by atoms with van der Waals surface area (Å²) in [5.41, 5.74) is 1.08. The number of hydrogen-bond donors (Lipinski definition) is 5. The Balaban J connectivity index is 1.06. The number of morpholine rings is 1. The molecule has 36 heavy (non-hydrogen) atoms. The fourth-order valence-electron chi connectivity index (χ4n) is 6.27. The number of nitrogens with one attached hydrogen (secondary N) is 5. The van der Waals surface area contributed by atoms with E-state index in [0.717, 1.165) is 57.1 Å². The minimum absolute atomic E-state index is 0.0188. The molecule has 0 radical (unpaired) electrons. The molecule has 7 aliphatic rings. The predicted octanol–water partition coefficient (Wildman–Crippen LogP) is -1.09. The van der Waals surface area contributed by atoms with E-state index >= 15 is 0 Å². The maximum atomic E-state index is 12.3. The summed E-state index contributed by atoms with van der Waals surface area (Å²) in [4.78, 5) is 19.2. The topological polar surface area (TPSA) is 105 Å². The molecule has 5 N–H and O–H groups in total. The first-order valence-corrected chi connectivity index (χ1v) is 13.6.